The molecule has 0 bridgehead atoms. The number of nitrogens with zero attached hydrogens (tertiary/aromatic N) is 1. The number of hydrazone groups is 1. The standard InChI is InChI=1S/C15H10Br2Cl2N2O3/c16-9-1-2-13(11(17)4-9)24-7-14(22)21-20-6-8-3-10(18)5-12(19)15(8)23/h1-6,23H,7H2,(H,21,22)/b20-6+. The van der Waals surface area contributed by atoms with Gasteiger partial charge in [-0.05, 0) is 46.3 Å². The summed E-state index contributed by atoms with van der Waals surface area (Å²) in [5, 5.41) is 13.9. The van der Waals surface area contributed by atoms with Gasteiger partial charge in [-0.25, -0.2) is 5.43 Å². The van der Waals surface area contributed by atoms with Crippen molar-refractivity contribution >= 4 is 67.2 Å². The molecule has 2 N–H and O–H groups in total. The van der Waals surface area contributed by atoms with Crippen LogP contribution in [0.15, 0.2) is 44.4 Å². The number of amides is 1. The van der Waals surface area contributed by atoms with Gasteiger partial charge in [-0.2, -0.15) is 5.10 Å². The molecule has 0 fully saturated rings. The first kappa shape index (κ1) is 19.1. The summed E-state index contributed by atoms with van der Waals surface area (Å²) in [4.78, 5) is 11.7. The second-order valence-corrected chi connectivity index (χ2v) is 7.10. The lowest BCUT2D eigenvalue weighted by molar-refractivity contribution is -0.123. The Morgan fingerprint density at radius 2 is 2.04 bits per heavy atom. The van der Waals surface area contributed by atoms with Crippen LogP contribution >= 0.6 is 55.1 Å². The second kappa shape index (κ2) is 8.71. The highest BCUT2D eigenvalue weighted by atomic mass is 79.9. The molecule has 24 heavy (non-hydrogen) atoms. The van der Waals surface area contributed by atoms with Gasteiger partial charge in [0.25, 0.3) is 5.91 Å². The number of hydrogen-bond donors (Lipinski definition) is 2. The Bertz CT molecular complexity index is 801. The number of phenols is 1. The molecule has 0 atom stereocenters. The molecule has 2 aromatic rings. The average molecular weight is 497 g/mol. The third-order valence-corrected chi connectivity index (χ3v) is 4.32. The van der Waals surface area contributed by atoms with Crippen LogP contribution in [0.3, 0.4) is 0 Å². The van der Waals surface area contributed by atoms with Gasteiger partial charge in [0.2, 0.25) is 0 Å². The zero-order chi connectivity index (χ0) is 17.7. The highest BCUT2D eigenvalue weighted by Gasteiger charge is 2.07. The van der Waals surface area contributed by atoms with Crippen LogP contribution in [0.5, 0.6) is 11.5 Å². The third-order valence-electron chi connectivity index (χ3n) is 2.70. The second-order valence-electron chi connectivity index (χ2n) is 4.48. The topological polar surface area (TPSA) is 70.9 Å². The van der Waals surface area contributed by atoms with Gasteiger partial charge in [0.05, 0.1) is 15.7 Å². The van der Waals surface area contributed by atoms with Crippen molar-refractivity contribution in [3.8, 4) is 11.5 Å². The van der Waals surface area contributed by atoms with E-state index in [0.717, 1.165) is 4.47 Å². The van der Waals surface area contributed by atoms with E-state index in [9.17, 15) is 9.90 Å². The minimum absolute atomic E-state index is 0.0960. The molecule has 0 spiro atoms. The molecular weight excluding hydrogens is 487 g/mol. The fraction of sp³-hybridized carbons (Fsp3) is 0.0667. The molecule has 0 radical (unpaired) electrons. The highest BCUT2D eigenvalue weighted by molar-refractivity contribution is 9.11. The number of benzene rings is 2. The highest BCUT2D eigenvalue weighted by Crippen LogP contribution is 2.30. The summed E-state index contributed by atoms with van der Waals surface area (Å²) >= 11 is 18.3. The summed E-state index contributed by atoms with van der Waals surface area (Å²) in [5.41, 5.74) is 2.56. The molecule has 0 aliphatic carbocycles. The lowest BCUT2D eigenvalue weighted by atomic mass is 10.2. The first-order chi connectivity index (χ1) is 11.4. The summed E-state index contributed by atoms with van der Waals surface area (Å²) in [6, 6.07) is 8.18. The van der Waals surface area contributed by atoms with Gasteiger partial charge >= 0.3 is 0 Å². The van der Waals surface area contributed by atoms with Crippen molar-refractivity contribution in [1.82, 2.24) is 5.43 Å². The van der Waals surface area contributed by atoms with Gasteiger partial charge in [0.1, 0.15) is 11.5 Å². The Labute approximate surface area is 164 Å². The monoisotopic (exact) mass is 494 g/mol. The average Bonchev–Trinajstić information content (AvgIpc) is 2.51. The Kier molecular flexibility index (Phi) is 6.91. The van der Waals surface area contributed by atoms with Gasteiger partial charge in [0, 0.05) is 15.1 Å². The zero-order valence-electron chi connectivity index (χ0n) is 11.9. The van der Waals surface area contributed by atoms with Crippen molar-refractivity contribution in [2.45, 2.75) is 0 Å². The number of halogens is 4. The maximum absolute atomic E-state index is 11.7. The fourth-order valence-electron chi connectivity index (χ4n) is 1.63. The first-order valence-corrected chi connectivity index (χ1v) is 8.79. The van der Waals surface area contributed by atoms with Crippen molar-refractivity contribution in [1.29, 1.82) is 0 Å². The summed E-state index contributed by atoms with van der Waals surface area (Å²) in [6.07, 6.45) is 1.24. The van der Waals surface area contributed by atoms with E-state index in [-0.39, 0.29) is 22.9 Å². The van der Waals surface area contributed by atoms with Crippen molar-refractivity contribution < 1.29 is 14.6 Å². The van der Waals surface area contributed by atoms with E-state index in [2.05, 4.69) is 42.4 Å². The maximum atomic E-state index is 11.7. The molecule has 0 heterocycles. The van der Waals surface area contributed by atoms with E-state index in [1.165, 1.54) is 18.3 Å². The third kappa shape index (κ3) is 5.37. The number of aromatic hydroxyl groups is 1. The molecule has 1 amide bonds. The Hall–Kier alpha value is -1.28. The maximum Gasteiger partial charge on any atom is 0.277 e. The predicted molar refractivity (Wildman–Crippen MR) is 101 cm³/mol. The molecule has 9 heteroatoms. The van der Waals surface area contributed by atoms with Crippen molar-refractivity contribution in [3.05, 3.63) is 54.9 Å². The smallest absolute Gasteiger partial charge is 0.277 e. The Morgan fingerprint density at radius 1 is 1.29 bits per heavy atom. The first-order valence-electron chi connectivity index (χ1n) is 6.44. The van der Waals surface area contributed by atoms with Crippen LogP contribution < -0.4 is 10.2 Å². The predicted octanol–water partition coefficient (Wildman–Crippen LogP) is 4.75. The lowest BCUT2D eigenvalue weighted by Crippen LogP contribution is -2.24. The van der Waals surface area contributed by atoms with Crippen LogP contribution in [0, 0.1) is 0 Å². The van der Waals surface area contributed by atoms with Gasteiger partial charge in [0.15, 0.2) is 6.61 Å². The minimum atomic E-state index is -0.464. The summed E-state index contributed by atoms with van der Waals surface area (Å²) in [6.45, 7) is -0.222. The van der Waals surface area contributed by atoms with E-state index >= 15 is 0 Å². The minimum Gasteiger partial charge on any atom is -0.506 e. The Morgan fingerprint density at radius 3 is 2.75 bits per heavy atom. The molecule has 0 saturated heterocycles. The molecule has 5 nitrogen and oxygen atoms in total. The van der Waals surface area contributed by atoms with E-state index in [4.69, 9.17) is 27.9 Å². The normalized spacial score (nSPS) is 10.8. The molecule has 0 aliphatic heterocycles. The van der Waals surface area contributed by atoms with Crippen LogP contribution in [0.4, 0.5) is 0 Å². The molecule has 0 aliphatic rings. The van der Waals surface area contributed by atoms with E-state index in [0.29, 0.717) is 15.2 Å². The van der Waals surface area contributed by atoms with Crippen LogP contribution in [0.1, 0.15) is 5.56 Å². The molecule has 0 saturated carbocycles. The summed E-state index contributed by atoms with van der Waals surface area (Å²) < 4.78 is 6.97. The number of rotatable bonds is 5. The molecule has 2 rings (SSSR count). The quantitative estimate of drug-likeness (QED) is 0.463. The SMILES string of the molecule is O=C(COc1ccc(Br)cc1Br)N/N=C/c1cc(Cl)cc(Cl)c1O. The van der Waals surface area contributed by atoms with Gasteiger partial charge in [-0.1, -0.05) is 39.1 Å². The van der Waals surface area contributed by atoms with E-state index < -0.39 is 5.91 Å². The molecule has 2 aromatic carbocycles. The Balaban J connectivity index is 1.91. The van der Waals surface area contributed by atoms with Crippen molar-refractivity contribution in [3.63, 3.8) is 0 Å². The number of hydrogen-bond acceptors (Lipinski definition) is 4. The van der Waals surface area contributed by atoms with Gasteiger partial charge in [-0.15, -0.1) is 0 Å². The largest absolute Gasteiger partial charge is 0.506 e. The van der Waals surface area contributed by atoms with Crippen LogP contribution in [0.25, 0.3) is 0 Å². The van der Waals surface area contributed by atoms with Crippen LogP contribution in [0.2, 0.25) is 10.0 Å². The van der Waals surface area contributed by atoms with Crippen LogP contribution in [-0.4, -0.2) is 23.8 Å². The van der Waals surface area contributed by atoms with Crippen LogP contribution in [-0.2, 0) is 4.79 Å². The number of nitrogens with one attached hydrogen (secondary N) is 1. The van der Waals surface area contributed by atoms with Gasteiger partial charge in [-0.3, -0.25) is 4.79 Å². The van der Waals surface area contributed by atoms with E-state index in [1.807, 2.05) is 0 Å². The fourth-order valence-corrected chi connectivity index (χ4v) is 3.30. The number of ether oxygens (including phenoxy) is 1. The molecule has 0 unspecified atom stereocenters. The van der Waals surface area contributed by atoms with Crippen molar-refractivity contribution in [2.75, 3.05) is 6.61 Å². The number of carbonyl (C=O) groups is 1. The van der Waals surface area contributed by atoms with Gasteiger partial charge < -0.3 is 9.84 Å². The zero-order valence-corrected chi connectivity index (χ0v) is 16.6. The molecular formula is C15H10Br2Cl2N2O3. The lowest BCUT2D eigenvalue weighted by Gasteiger charge is -2.07. The molecule has 126 valence electrons. The molecule has 0 aromatic heterocycles. The number of phenolic OH excluding ortho intramolecular Hbond substituents is 1. The van der Waals surface area contributed by atoms with Crippen molar-refractivity contribution in [2.24, 2.45) is 5.10 Å². The number of carbonyl (C=O) groups excluding carboxylic acids is 1. The summed E-state index contributed by atoms with van der Waals surface area (Å²) in [7, 11) is 0. The van der Waals surface area contributed by atoms with E-state index in [1.54, 1.807) is 18.2 Å². The summed E-state index contributed by atoms with van der Waals surface area (Å²) in [5.74, 6) is -0.112.